The molecule has 27 heavy (non-hydrogen) atoms. The quantitative estimate of drug-likeness (QED) is 0.193. The molecule has 0 aromatic carbocycles. The van der Waals surface area contributed by atoms with Gasteiger partial charge in [0.25, 0.3) is 0 Å². The molecule has 0 fully saturated rings. The molecule has 166 valence electrons. The van der Waals surface area contributed by atoms with Gasteiger partial charge in [-0.25, -0.2) is 0 Å². The highest BCUT2D eigenvalue weighted by atomic mass is 35.5. The van der Waals surface area contributed by atoms with Crippen molar-refractivity contribution in [2.45, 2.75) is 122 Å². The number of rotatable bonds is 20. The lowest BCUT2D eigenvalue weighted by Crippen LogP contribution is -2.31. The first-order chi connectivity index (χ1) is 12.6. The van der Waals surface area contributed by atoms with Crippen LogP contribution in [0.1, 0.15) is 116 Å². The Labute approximate surface area is 179 Å². The maximum atomic E-state index is 2.42. The van der Waals surface area contributed by atoms with Gasteiger partial charge in [0.15, 0.2) is 0 Å². The van der Waals surface area contributed by atoms with Crippen LogP contribution in [0.4, 0.5) is 0 Å². The minimum atomic E-state index is 0. The van der Waals surface area contributed by atoms with Gasteiger partial charge in [0, 0.05) is 6.04 Å². The molecule has 0 aliphatic carbocycles. The smallest absolute Gasteiger partial charge is 0.0101 e. The Morgan fingerprint density at radius 2 is 0.889 bits per heavy atom. The average Bonchev–Trinajstić information content (AvgIpc) is 2.60. The van der Waals surface area contributed by atoms with E-state index >= 15 is 0 Å². The minimum Gasteiger partial charge on any atom is -0.309 e. The van der Waals surface area contributed by atoms with Crippen LogP contribution in [0.3, 0.4) is 0 Å². The standard InChI is InChI=1S/C24H52N2.ClH/c1-6-7-8-9-10-11-12-13-14-15-16-17-18-19-20-21-24(26(4)5)22-23-25(2)3;/h24H,6-23H2,1-5H3;1H. The molecule has 0 N–H and O–H groups in total. The molecule has 3 heteroatoms. The molecular formula is C24H53ClN2. The van der Waals surface area contributed by atoms with Crippen LogP contribution in [-0.4, -0.2) is 50.6 Å². The van der Waals surface area contributed by atoms with Crippen molar-refractivity contribution in [1.29, 1.82) is 0 Å². The molecule has 0 saturated carbocycles. The summed E-state index contributed by atoms with van der Waals surface area (Å²) >= 11 is 0. The lowest BCUT2D eigenvalue weighted by molar-refractivity contribution is 0.234. The molecule has 0 amide bonds. The largest absolute Gasteiger partial charge is 0.309 e. The maximum absolute atomic E-state index is 2.42. The van der Waals surface area contributed by atoms with E-state index < -0.39 is 0 Å². The zero-order valence-electron chi connectivity index (χ0n) is 19.6. The molecular weight excluding hydrogens is 352 g/mol. The average molecular weight is 405 g/mol. The van der Waals surface area contributed by atoms with Crippen molar-refractivity contribution < 1.29 is 0 Å². The zero-order chi connectivity index (χ0) is 19.5. The molecule has 0 bridgehead atoms. The van der Waals surface area contributed by atoms with Gasteiger partial charge in [0.2, 0.25) is 0 Å². The van der Waals surface area contributed by atoms with E-state index in [-0.39, 0.29) is 12.4 Å². The predicted octanol–water partition coefficient (Wildman–Crippen LogP) is 7.55. The van der Waals surface area contributed by atoms with Crippen molar-refractivity contribution in [2.24, 2.45) is 0 Å². The van der Waals surface area contributed by atoms with E-state index in [0.717, 1.165) is 6.04 Å². The third kappa shape index (κ3) is 22.4. The molecule has 0 heterocycles. The van der Waals surface area contributed by atoms with E-state index in [1.54, 1.807) is 0 Å². The van der Waals surface area contributed by atoms with Gasteiger partial charge in [-0.1, -0.05) is 103 Å². The van der Waals surface area contributed by atoms with Crippen LogP contribution in [0.25, 0.3) is 0 Å². The highest BCUT2D eigenvalue weighted by molar-refractivity contribution is 5.85. The van der Waals surface area contributed by atoms with Gasteiger partial charge in [-0.3, -0.25) is 0 Å². The molecule has 0 aromatic heterocycles. The highest BCUT2D eigenvalue weighted by Crippen LogP contribution is 2.15. The first-order valence-electron chi connectivity index (χ1n) is 11.9. The Bertz CT molecular complexity index is 269. The SMILES string of the molecule is CCCCCCCCCCCCCCCCCC(CCN(C)C)N(C)C.Cl. The summed E-state index contributed by atoms with van der Waals surface area (Å²) in [6.45, 7) is 3.51. The highest BCUT2D eigenvalue weighted by Gasteiger charge is 2.10. The molecule has 0 aromatic rings. The van der Waals surface area contributed by atoms with Crippen LogP contribution in [0.5, 0.6) is 0 Å². The van der Waals surface area contributed by atoms with Crippen molar-refractivity contribution in [2.75, 3.05) is 34.7 Å². The first-order valence-corrected chi connectivity index (χ1v) is 11.9. The molecule has 0 spiro atoms. The summed E-state index contributed by atoms with van der Waals surface area (Å²) < 4.78 is 0. The van der Waals surface area contributed by atoms with Crippen molar-refractivity contribution >= 4 is 12.4 Å². The van der Waals surface area contributed by atoms with Gasteiger partial charge >= 0.3 is 0 Å². The Kier molecular flexibility index (Phi) is 24.5. The summed E-state index contributed by atoms with van der Waals surface area (Å²) in [7, 11) is 8.84. The topological polar surface area (TPSA) is 6.48 Å². The van der Waals surface area contributed by atoms with E-state index in [0.29, 0.717) is 0 Å². The van der Waals surface area contributed by atoms with Gasteiger partial charge in [0.1, 0.15) is 0 Å². The summed E-state index contributed by atoms with van der Waals surface area (Å²) in [5.74, 6) is 0. The van der Waals surface area contributed by atoms with Crippen LogP contribution < -0.4 is 0 Å². The summed E-state index contributed by atoms with van der Waals surface area (Å²) in [6, 6.07) is 0.763. The monoisotopic (exact) mass is 404 g/mol. The lowest BCUT2D eigenvalue weighted by atomic mass is 10.0. The van der Waals surface area contributed by atoms with E-state index in [1.165, 1.54) is 116 Å². The molecule has 1 atom stereocenters. The molecule has 1 unspecified atom stereocenters. The summed E-state index contributed by atoms with van der Waals surface area (Å²) in [5.41, 5.74) is 0. The Hall–Kier alpha value is 0.210. The van der Waals surface area contributed by atoms with Crippen molar-refractivity contribution in [3.05, 3.63) is 0 Å². The van der Waals surface area contributed by atoms with Crippen LogP contribution in [0.2, 0.25) is 0 Å². The molecule has 0 aliphatic heterocycles. The first kappa shape index (κ1) is 29.4. The van der Waals surface area contributed by atoms with Gasteiger partial charge in [0.05, 0.1) is 0 Å². The van der Waals surface area contributed by atoms with Crippen LogP contribution in [0, 0.1) is 0 Å². The number of unbranched alkanes of at least 4 members (excludes halogenated alkanes) is 14. The molecule has 0 aliphatic rings. The van der Waals surface area contributed by atoms with Gasteiger partial charge < -0.3 is 9.80 Å². The third-order valence-corrected chi connectivity index (χ3v) is 5.78. The van der Waals surface area contributed by atoms with Crippen molar-refractivity contribution in [3.63, 3.8) is 0 Å². The second-order valence-electron chi connectivity index (χ2n) is 8.95. The predicted molar refractivity (Wildman–Crippen MR) is 127 cm³/mol. The van der Waals surface area contributed by atoms with E-state index in [1.807, 2.05) is 0 Å². The van der Waals surface area contributed by atoms with E-state index in [4.69, 9.17) is 0 Å². The molecule has 0 rings (SSSR count). The zero-order valence-corrected chi connectivity index (χ0v) is 20.4. The normalized spacial score (nSPS) is 12.6. The van der Waals surface area contributed by atoms with E-state index in [9.17, 15) is 0 Å². The second kappa shape index (κ2) is 22.5. The van der Waals surface area contributed by atoms with Gasteiger partial charge in [-0.2, -0.15) is 0 Å². The van der Waals surface area contributed by atoms with Crippen LogP contribution in [-0.2, 0) is 0 Å². The fraction of sp³-hybridized carbons (Fsp3) is 1.00. The van der Waals surface area contributed by atoms with Gasteiger partial charge in [-0.05, 0) is 47.6 Å². The third-order valence-electron chi connectivity index (χ3n) is 5.78. The Morgan fingerprint density at radius 1 is 0.519 bits per heavy atom. The lowest BCUT2D eigenvalue weighted by Gasteiger charge is -2.25. The fourth-order valence-corrected chi connectivity index (χ4v) is 3.82. The van der Waals surface area contributed by atoms with Gasteiger partial charge in [-0.15, -0.1) is 12.4 Å². The van der Waals surface area contributed by atoms with Crippen LogP contribution in [0.15, 0.2) is 0 Å². The Balaban J connectivity index is 0. The Morgan fingerprint density at radius 3 is 1.22 bits per heavy atom. The number of nitrogens with zero attached hydrogens (tertiary/aromatic N) is 2. The summed E-state index contributed by atoms with van der Waals surface area (Å²) in [6.07, 6.45) is 24.5. The summed E-state index contributed by atoms with van der Waals surface area (Å²) in [4.78, 5) is 4.73. The molecule has 2 nitrogen and oxygen atoms in total. The minimum absolute atomic E-state index is 0. The molecule has 0 radical (unpaired) electrons. The number of hydrogen-bond acceptors (Lipinski definition) is 2. The van der Waals surface area contributed by atoms with Crippen molar-refractivity contribution in [3.8, 4) is 0 Å². The fourth-order valence-electron chi connectivity index (χ4n) is 3.82. The maximum Gasteiger partial charge on any atom is 0.0101 e. The van der Waals surface area contributed by atoms with Crippen LogP contribution >= 0.6 is 12.4 Å². The summed E-state index contributed by atoms with van der Waals surface area (Å²) in [5, 5.41) is 0. The van der Waals surface area contributed by atoms with Crippen molar-refractivity contribution in [1.82, 2.24) is 9.80 Å². The number of halogens is 1. The second-order valence-corrected chi connectivity index (χ2v) is 8.95. The van der Waals surface area contributed by atoms with E-state index in [2.05, 4.69) is 44.9 Å². The number of hydrogen-bond donors (Lipinski definition) is 0. The molecule has 0 saturated heterocycles.